The highest BCUT2D eigenvalue weighted by atomic mass is 19.1. The minimum Gasteiger partial charge on any atom is -0.507 e. The molecule has 192 valence electrons. The molecule has 5 nitrogen and oxygen atoms in total. The van der Waals surface area contributed by atoms with Crippen LogP contribution in [0.1, 0.15) is 36.6 Å². The molecule has 0 bridgehead atoms. The van der Waals surface area contributed by atoms with E-state index in [2.05, 4.69) is 0 Å². The number of carbonyl (C=O) groups excluding carboxylic acids is 2. The number of ether oxygens (including phenoxy) is 1. The highest BCUT2D eigenvalue weighted by molar-refractivity contribution is 6.46. The van der Waals surface area contributed by atoms with Gasteiger partial charge in [0, 0.05) is 12.1 Å². The lowest BCUT2D eigenvalue weighted by Crippen LogP contribution is -2.31. The molecule has 1 saturated heterocycles. The monoisotopic (exact) mass is 509 g/mol. The second kappa shape index (κ2) is 10.5. The first kappa shape index (κ1) is 25.2. The van der Waals surface area contributed by atoms with Crippen molar-refractivity contribution < 1.29 is 23.8 Å². The molecular weight excluding hydrogens is 481 g/mol. The second-order valence-corrected chi connectivity index (χ2v) is 9.67. The van der Waals surface area contributed by atoms with Crippen molar-refractivity contribution in [3.8, 4) is 5.75 Å². The van der Waals surface area contributed by atoms with Gasteiger partial charge in [0.05, 0.1) is 17.7 Å². The predicted octanol–water partition coefficient (Wildman–Crippen LogP) is 6.43. The van der Waals surface area contributed by atoms with E-state index in [1.165, 1.54) is 17.0 Å². The van der Waals surface area contributed by atoms with E-state index >= 15 is 0 Å². The number of rotatable bonds is 7. The van der Waals surface area contributed by atoms with Crippen LogP contribution in [0, 0.1) is 5.82 Å². The lowest BCUT2D eigenvalue weighted by molar-refractivity contribution is -0.139. The van der Waals surface area contributed by atoms with Crippen LogP contribution >= 0.6 is 0 Å². The number of aliphatic hydroxyl groups excluding tert-OH is 1. The molecule has 4 aromatic carbocycles. The van der Waals surface area contributed by atoms with Crippen molar-refractivity contribution in [3.05, 3.63) is 119 Å². The summed E-state index contributed by atoms with van der Waals surface area (Å²) in [5.74, 6) is -1.30. The molecule has 38 heavy (non-hydrogen) atoms. The van der Waals surface area contributed by atoms with Gasteiger partial charge in [-0.1, -0.05) is 60.7 Å². The summed E-state index contributed by atoms with van der Waals surface area (Å²) in [6.45, 7) is 4.09. The predicted molar refractivity (Wildman–Crippen MR) is 145 cm³/mol. The quantitative estimate of drug-likeness (QED) is 0.177. The summed E-state index contributed by atoms with van der Waals surface area (Å²) in [7, 11) is 0. The zero-order valence-corrected chi connectivity index (χ0v) is 21.2. The van der Waals surface area contributed by atoms with Crippen LogP contribution in [0.25, 0.3) is 16.5 Å². The van der Waals surface area contributed by atoms with Crippen LogP contribution in [0.2, 0.25) is 0 Å². The van der Waals surface area contributed by atoms with Gasteiger partial charge in [-0.2, -0.15) is 0 Å². The number of ketones is 1. The standard InChI is InChI=1S/C32H28FNO4/c1-20(2)38-27-15-11-23(12-16-27)29-28(30(35)25-10-9-22-5-3-4-6-24(22)19-25)31(36)32(37)34(29)18-17-21-7-13-26(33)14-8-21/h3-16,19-20,29,35H,17-18H2,1-2H3/b30-28-. The summed E-state index contributed by atoms with van der Waals surface area (Å²) in [6, 6.07) is 25.7. The van der Waals surface area contributed by atoms with Crippen LogP contribution in [-0.4, -0.2) is 34.3 Å². The van der Waals surface area contributed by atoms with Crippen molar-refractivity contribution in [3.63, 3.8) is 0 Å². The SMILES string of the molecule is CC(C)Oc1ccc(C2/C(=C(/O)c3ccc4ccccc4c3)C(=O)C(=O)N2CCc2ccc(F)cc2)cc1. The highest BCUT2D eigenvalue weighted by Crippen LogP contribution is 2.40. The van der Waals surface area contributed by atoms with E-state index in [0.29, 0.717) is 23.3 Å². The third kappa shape index (κ3) is 5.02. The maximum atomic E-state index is 13.4. The number of benzene rings is 4. The Morgan fingerprint density at radius 1 is 0.921 bits per heavy atom. The van der Waals surface area contributed by atoms with Gasteiger partial charge in [-0.3, -0.25) is 9.59 Å². The fraction of sp³-hybridized carbons (Fsp3) is 0.188. The molecule has 1 heterocycles. The Bertz CT molecular complexity index is 1520. The van der Waals surface area contributed by atoms with Crippen molar-refractivity contribution in [2.75, 3.05) is 6.54 Å². The van der Waals surface area contributed by atoms with Gasteiger partial charge in [-0.05, 0) is 72.5 Å². The number of carbonyl (C=O) groups is 2. The fourth-order valence-electron chi connectivity index (χ4n) is 4.85. The number of aliphatic hydroxyl groups is 1. The largest absolute Gasteiger partial charge is 0.507 e. The highest BCUT2D eigenvalue weighted by Gasteiger charge is 2.45. The molecule has 0 aliphatic carbocycles. The van der Waals surface area contributed by atoms with Crippen LogP contribution < -0.4 is 4.74 Å². The van der Waals surface area contributed by atoms with Crippen molar-refractivity contribution in [2.24, 2.45) is 0 Å². The number of fused-ring (bicyclic) bond motifs is 1. The third-order valence-corrected chi connectivity index (χ3v) is 6.69. The van der Waals surface area contributed by atoms with Crippen molar-refractivity contribution >= 4 is 28.2 Å². The lowest BCUT2D eigenvalue weighted by atomic mass is 9.94. The average Bonchev–Trinajstić information content (AvgIpc) is 3.17. The number of likely N-dealkylation sites (tertiary alicyclic amines) is 1. The first-order valence-electron chi connectivity index (χ1n) is 12.6. The van der Waals surface area contributed by atoms with Gasteiger partial charge in [-0.25, -0.2) is 4.39 Å². The van der Waals surface area contributed by atoms with Gasteiger partial charge in [0.15, 0.2) is 0 Å². The maximum absolute atomic E-state index is 13.4. The number of hydrogen-bond donors (Lipinski definition) is 1. The van der Waals surface area contributed by atoms with Crippen molar-refractivity contribution in [1.82, 2.24) is 4.90 Å². The van der Waals surface area contributed by atoms with Gasteiger partial charge in [0.25, 0.3) is 11.7 Å². The topological polar surface area (TPSA) is 66.8 Å². The molecule has 0 saturated carbocycles. The van der Waals surface area contributed by atoms with E-state index in [1.807, 2.05) is 62.4 Å². The molecule has 1 fully saturated rings. The smallest absolute Gasteiger partial charge is 0.295 e. The Hall–Kier alpha value is -4.45. The van der Waals surface area contributed by atoms with Crippen molar-refractivity contribution in [2.45, 2.75) is 32.4 Å². The number of Topliss-reactive ketones (excluding diaryl/α,β-unsaturated/α-hetero) is 1. The Balaban J connectivity index is 1.57. The Kier molecular flexibility index (Phi) is 6.97. The maximum Gasteiger partial charge on any atom is 0.295 e. The van der Waals surface area contributed by atoms with E-state index in [4.69, 9.17) is 4.74 Å². The van der Waals surface area contributed by atoms with Crippen LogP contribution in [0.4, 0.5) is 4.39 Å². The average molecular weight is 510 g/mol. The first-order valence-corrected chi connectivity index (χ1v) is 12.6. The van der Waals surface area contributed by atoms with Crippen molar-refractivity contribution in [1.29, 1.82) is 0 Å². The van der Waals surface area contributed by atoms with E-state index < -0.39 is 17.7 Å². The van der Waals surface area contributed by atoms with E-state index in [9.17, 15) is 19.1 Å². The molecule has 0 radical (unpaired) electrons. The summed E-state index contributed by atoms with van der Waals surface area (Å²) >= 11 is 0. The first-order chi connectivity index (χ1) is 18.3. The Labute approximate surface area is 220 Å². The Morgan fingerprint density at radius 2 is 1.61 bits per heavy atom. The number of hydrogen-bond acceptors (Lipinski definition) is 4. The van der Waals surface area contributed by atoms with Gasteiger partial charge in [0.2, 0.25) is 0 Å². The molecule has 4 aromatic rings. The van der Waals surface area contributed by atoms with Crippen LogP contribution in [0.15, 0.2) is 96.6 Å². The van der Waals surface area contributed by atoms with Gasteiger partial charge in [0.1, 0.15) is 17.3 Å². The Morgan fingerprint density at radius 3 is 2.29 bits per heavy atom. The molecule has 0 aromatic heterocycles. The molecule has 1 aliphatic heterocycles. The van der Waals surface area contributed by atoms with Gasteiger partial charge < -0.3 is 14.7 Å². The third-order valence-electron chi connectivity index (χ3n) is 6.69. The molecule has 6 heteroatoms. The normalized spacial score (nSPS) is 16.9. The summed E-state index contributed by atoms with van der Waals surface area (Å²) < 4.78 is 19.1. The number of nitrogens with zero attached hydrogens (tertiary/aromatic N) is 1. The van der Waals surface area contributed by atoms with E-state index in [-0.39, 0.29) is 29.8 Å². The zero-order valence-electron chi connectivity index (χ0n) is 21.2. The fourth-order valence-corrected chi connectivity index (χ4v) is 4.85. The molecule has 0 spiro atoms. The molecular formula is C32H28FNO4. The van der Waals surface area contributed by atoms with E-state index in [1.54, 1.807) is 30.3 Å². The number of halogens is 1. The summed E-state index contributed by atoms with van der Waals surface area (Å²) in [6.07, 6.45) is 0.420. The second-order valence-electron chi connectivity index (χ2n) is 9.67. The zero-order chi connectivity index (χ0) is 26.8. The molecule has 5 rings (SSSR count). The van der Waals surface area contributed by atoms with Gasteiger partial charge in [-0.15, -0.1) is 0 Å². The van der Waals surface area contributed by atoms with Gasteiger partial charge >= 0.3 is 0 Å². The molecule has 1 amide bonds. The summed E-state index contributed by atoms with van der Waals surface area (Å²) in [5, 5.41) is 13.3. The summed E-state index contributed by atoms with van der Waals surface area (Å²) in [5.41, 5.74) is 2.02. The minimum absolute atomic E-state index is 0.00454. The van der Waals surface area contributed by atoms with Crippen LogP contribution in [0.5, 0.6) is 5.75 Å². The molecule has 1 atom stereocenters. The lowest BCUT2D eigenvalue weighted by Gasteiger charge is -2.25. The number of amides is 1. The minimum atomic E-state index is -0.782. The molecule has 1 aliphatic rings. The summed E-state index contributed by atoms with van der Waals surface area (Å²) in [4.78, 5) is 28.1. The molecule has 1 N–H and O–H groups in total. The molecule has 1 unspecified atom stereocenters. The van der Waals surface area contributed by atoms with Crippen LogP contribution in [0.3, 0.4) is 0 Å². The van der Waals surface area contributed by atoms with E-state index in [0.717, 1.165) is 16.3 Å². The van der Waals surface area contributed by atoms with Crippen LogP contribution in [-0.2, 0) is 16.0 Å².